The van der Waals surface area contributed by atoms with Crippen molar-refractivity contribution in [2.24, 2.45) is 4.99 Å². The van der Waals surface area contributed by atoms with Crippen LogP contribution in [0.2, 0.25) is 0 Å². The molecule has 1 aliphatic carbocycles. The second-order valence-corrected chi connectivity index (χ2v) is 11.0. The summed E-state index contributed by atoms with van der Waals surface area (Å²) in [7, 11) is 1.50. The third-order valence-corrected chi connectivity index (χ3v) is 8.63. The van der Waals surface area contributed by atoms with E-state index in [1.54, 1.807) is 12.1 Å². The molecule has 0 radical (unpaired) electrons. The van der Waals surface area contributed by atoms with Gasteiger partial charge in [0.25, 0.3) is 5.56 Å². The van der Waals surface area contributed by atoms with Crippen LogP contribution < -0.4 is 24.4 Å². The van der Waals surface area contributed by atoms with Gasteiger partial charge in [-0.15, -0.1) is 0 Å². The predicted octanol–water partition coefficient (Wildman–Crippen LogP) is 5.19. The number of methoxy groups -OCH3 is 1. The Balaban J connectivity index is 1.58. The van der Waals surface area contributed by atoms with Gasteiger partial charge in [0.2, 0.25) is 0 Å². The number of hydrogen-bond donors (Lipinski definition) is 1. The van der Waals surface area contributed by atoms with Crippen molar-refractivity contribution >= 4 is 39.0 Å². The van der Waals surface area contributed by atoms with Gasteiger partial charge in [0, 0.05) is 10.0 Å². The lowest BCUT2D eigenvalue weighted by Crippen LogP contribution is -2.38. The third kappa shape index (κ3) is 4.18. The van der Waals surface area contributed by atoms with Crippen molar-refractivity contribution in [2.45, 2.75) is 25.8 Å². The first-order valence-electron chi connectivity index (χ1n) is 12.4. The zero-order valence-corrected chi connectivity index (χ0v) is 23.3. The number of aromatic nitrogens is 1. The molecule has 1 unspecified atom stereocenters. The molecule has 0 amide bonds. The standard InChI is InChI=1S/C30H25BrN2O4S/c1-3-37-20-11-8-18(9-12-20)28-22-13-10-17-6-4-5-7-21(17)27(22)32-30-33(28)29(35)26(38-30)15-19-14-25(36-2)24(34)16-23(19)31/h4-9,11-12,14-16,28,34H,3,10,13H2,1-2H3. The van der Waals surface area contributed by atoms with Gasteiger partial charge in [0.05, 0.1) is 30.0 Å². The normalized spacial score (nSPS) is 16.4. The van der Waals surface area contributed by atoms with Crippen LogP contribution in [0.5, 0.6) is 17.2 Å². The van der Waals surface area contributed by atoms with Crippen LogP contribution in [0.15, 0.2) is 80.5 Å². The lowest BCUT2D eigenvalue weighted by molar-refractivity contribution is 0.340. The SMILES string of the molecule is CCOc1ccc(C2C3=C(N=c4sc(=Cc5cc(OC)c(O)cc5Br)c(=O)n42)c2ccccc2CC3)cc1. The van der Waals surface area contributed by atoms with Crippen molar-refractivity contribution in [3.8, 4) is 17.2 Å². The van der Waals surface area contributed by atoms with E-state index >= 15 is 0 Å². The molecule has 0 saturated heterocycles. The number of fused-ring (bicyclic) bond motifs is 3. The van der Waals surface area contributed by atoms with E-state index in [2.05, 4.69) is 34.1 Å². The quantitative estimate of drug-likeness (QED) is 0.348. The average Bonchev–Trinajstić information content (AvgIpc) is 3.24. The summed E-state index contributed by atoms with van der Waals surface area (Å²) in [4.78, 5) is 19.7. The van der Waals surface area contributed by atoms with Crippen LogP contribution in [0.3, 0.4) is 0 Å². The fourth-order valence-corrected chi connectivity index (χ4v) is 6.65. The van der Waals surface area contributed by atoms with Gasteiger partial charge in [0.15, 0.2) is 16.3 Å². The largest absolute Gasteiger partial charge is 0.504 e. The Kier molecular flexibility index (Phi) is 6.45. The van der Waals surface area contributed by atoms with Crippen molar-refractivity contribution in [3.63, 3.8) is 0 Å². The summed E-state index contributed by atoms with van der Waals surface area (Å²) in [6.45, 7) is 2.56. The van der Waals surface area contributed by atoms with Crippen molar-refractivity contribution in [1.82, 2.24) is 4.57 Å². The highest BCUT2D eigenvalue weighted by Gasteiger charge is 2.32. The van der Waals surface area contributed by atoms with Gasteiger partial charge in [-0.3, -0.25) is 9.36 Å². The van der Waals surface area contributed by atoms with Gasteiger partial charge < -0.3 is 14.6 Å². The molecule has 6 rings (SSSR count). The van der Waals surface area contributed by atoms with E-state index in [4.69, 9.17) is 14.5 Å². The van der Waals surface area contributed by atoms with Gasteiger partial charge in [-0.1, -0.05) is 63.7 Å². The number of rotatable bonds is 5. The van der Waals surface area contributed by atoms with Crippen LogP contribution in [0, 0.1) is 0 Å². The van der Waals surface area contributed by atoms with E-state index in [9.17, 15) is 9.90 Å². The minimum Gasteiger partial charge on any atom is -0.504 e. The molecule has 0 saturated carbocycles. The fourth-order valence-electron chi connectivity index (χ4n) is 5.21. The molecule has 38 heavy (non-hydrogen) atoms. The number of allylic oxidation sites excluding steroid dienone is 1. The maximum atomic E-state index is 14.0. The molecule has 1 atom stereocenters. The Bertz CT molecular complexity index is 1770. The number of phenols is 1. The van der Waals surface area contributed by atoms with Gasteiger partial charge >= 0.3 is 0 Å². The van der Waals surface area contributed by atoms with Gasteiger partial charge in [-0.05, 0) is 72.4 Å². The molecule has 1 aliphatic heterocycles. The van der Waals surface area contributed by atoms with Crippen LogP contribution in [0.1, 0.15) is 41.6 Å². The highest BCUT2D eigenvalue weighted by atomic mass is 79.9. The minimum atomic E-state index is -0.259. The number of halogens is 1. The number of aromatic hydroxyl groups is 1. The maximum Gasteiger partial charge on any atom is 0.271 e. The Labute approximate surface area is 232 Å². The number of hydrogen-bond acceptors (Lipinski definition) is 6. The Morgan fingerprint density at radius 1 is 1.16 bits per heavy atom. The summed E-state index contributed by atoms with van der Waals surface area (Å²) in [5, 5.41) is 10.1. The summed E-state index contributed by atoms with van der Waals surface area (Å²) >= 11 is 4.87. The number of ether oxygens (including phenoxy) is 2. The maximum absolute atomic E-state index is 14.0. The summed E-state index contributed by atoms with van der Waals surface area (Å²) in [5.74, 6) is 1.17. The Hall–Kier alpha value is -3.62. The molecule has 8 heteroatoms. The number of phenolic OH excluding ortho intramolecular Hbond substituents is 1. The molecule has 1 aromatic heterocycles. The minimum absolute atomic E-state index is 0.0276. The Morgan fingerprint density at radius 3 is 2.71 bits per heavy atom. The molecule has 6 nitrogen and oxygen atoms in total. The molecule has 2 aliphatic rings. The molecule has 192 valence electrons. The highest BCUT2D eigenvalue weighted by Crippen LogP contribution is 2.41. The zero-order valence-electron chi connectivity index (χ0n) is 20.9. The van der Waals surface area contributed by atoms with Crippen LogP contribution in [0.25, 0.3) is 11.8 Å². The number of thiazole rings is 1. The van der Waals surface area contributed by atoms with E-state index in [0.29, 0.717) is 26.2 Å². The molecule has 3 aromatic carbocycles. The summed E-state index contributed by atoms with van der Waals surface area (Å²) in [6, 6.07) is 19.4. The van der Waals surface area contributed by atoms with Crippen LogP contribution in [-0.4, -0.2) is 23.4 Å². The lowest BCUT2D eigenvalue weighted by atomic mass is 9.83. The molecule has 1 N–H and O–H groups in total. The van der Waals surface area contributed by atoms with E-state index < -0.39 is 0 Å². The first-order chi connectivity index (χ1) is 18.5. The molecule has 0 fully saturated rings. The van der Waals surface area contributed by atoms with Crippen LogP contribution >= 0.6 is 27.3 Å². The van der Waals surface area contributed by atoms with Crippen LogP contribution in [-0.2, 0) is 6.42 Å². The average molecular weight is 590 g/mol. The fraction of sp³-hybridized carbons (Fsp3) is 0.200. The van der Waals surface area contributed by atoms with Crippen molar-refractivity contribution in [1.29, 1.82) is 0 Å². The zero-order chi connectivity index (χ0) is 26.4. The van der Waals surface area contributed by atoms with E-state index in [0.717, 1.165) is 46.6 Å². The van der Waals surface area contributed by atoms with E-state index in [1.165, 1.54) is 24.0 Å². The van der Waals surface area contributed by atoms with Crippen molar-refractivity contribution in [2.75, 3.05) is 13.7 Å². The van der Waals surface area contributed by atoms with Gasteiger partial charge in [-0.2, -0.15) is 0 Å². The summed E-state index contributed by atoms with van der Waals surface area (Å²) in [5.41, 5.74) is 6.18. The lowest BCUT2D eigenvalue weighted by Gasteiger charge is -2.30. The van der Waals surface area contributed by atoms with E-state index in [-0.39, 0.29) is 17.4 Å². The first kappa shape index (κ1) is 24.7. The third-order valence-electron chi connectivity index (χ3n) is 6.96. The smallest absolute Gasteiger partial charge is 0.271 e. The number of benzene rings is 3. The second-order valence-electron chi connectivity index (χ2n) is 9.16. The molecule has 4 aromatic rings. The van der Waals surface area contributed by atoms with Crippen LogP contribution in [0.4, 0.5) is 0 Å². The predicted molar refractivity (Wildman–Crippen MR) is 153 cm³/mol. The monoisotopic (exact) mass is 588 g/mol. The highest BCUT2D eigenvalue weighted by molar-refractivity contribution is 9.10. The molecular formula is C30H25BrN2O4S. The molecule has 2 heterocycles. The second kappa shape index (κ2) is 9.93. The number of nitrogens with zero attached hydrogens (tertiary/aromatic N) is 2. The first-order valence-corrected chi connectivity index (χ1v) is 14.0. The molecule has 0 bridgehead atoms. The number of aryl methyl sites for hydroxylation is 1. The van der Waals surface area contributed by atoms with Gasteiger partial charge in [0.1, 0.15) is 5.75 Å². The summed E-state index contributed by atoms with van der Waals surface area (Å²) < 4.78 is 14.0. The molecular weight excluding hydrogens is 564 g/mol. The Morgan fingerprint density at radius 2 is 1.95 bits per heavy atom. The van der Waals surface area contributed by atoms with Crippen molar-refractivity contribution in [3.05, 3.63) is 113 Å². The van der Waals surface area contributed by atoms with Gasteiger partial charge in [-0.25, -0.2) is 4.99 Å². The molecule has 0 spiro atoms. The van der Waals surface area contributed by atoms with E-state index in [1.807, 2.05) is 47.9 Å². The topological polar surface area (TPSA) is 73.1 Å². The summed E-state index contributed by atoms with van der Waals surface area (Å²) in [6.07, 6.45) is 3.56. The van der Waals surface area contributed by atoms with Crippen molar-refractivity contribution < 1.29 is 14.6 Å².